The highest BCUT2D eigenvalue weighted by Gasteiger charge is 1.88. The van der Waals surface area contributed by atoms with Crippen LogP contribution in [0, 0.1) is 0 Å². The van der Waals surface area contributed by atoms with Gasteiger partial charge in [-0.3, -0.25) is 0 Å². The molecule has 0 aliphatic carbocycles. The first kappa shape index (κ1) is 8.94. The molecule has 60 valence electrons. The van der Waals surface area contributed by atoms with E-state index in [9.17, 15) is 0 Å². The van der Waals surface area contributed by atoms with Crippen LogP contribution in [0.4, 0.5) is 5.69 Å². The summed E-state index contributed by atoms with van der Waals surface area (Å²) in [7, 11) is 0.129. The van der Waals surface area contributed by atoms with Gasteiger partial charge in [-0.15, -0.1) is 10.7 Å². The van der Waals surface area contributed by atoms with E-state index in [1.165, 1.54) is 0 Å². The van der Waals surface area contributed by atoms with Gasteiger partial charge >= 0.3 is 0 Å². The Labute approximate surface area is 78.1 Å². The number of benzene rings is 1. The summed E-state index contributed by atoms with van der Waals surface area (Å²) in [6.45, 7) is 0. The van der Waals surface area contributed by atoms with Crippen molar-refractivity contribution < 1.29 is 0 Å². The summed E-state index contributed by atoms with van der Waals surface area (Å²) in [5.41, 5.74) is 1.05. The van der Waals surface area contributed by atoms with E-state index >= 15 is 0 Å². The Morgan fingerprint density at radius 3 is 2.64 bits per heavy atom. The molecule has 1 nitrogen and oxygen atoms in total. The molecule has 1 rings (SSSR count). The molecule has 0 atom stereocenters. The standard InChI is InChI=1S/C8H10BrNS/c1-11(2)10-8-5-3-4-7(9)6-8/h3-6H,1-2H3. The third-order valence-electron chi connectivity index (χ3n) is 1.10. The van der Waals surface area contributed by atoms with Crippen LogP contribution in [0.1, 0.15) is 0 Å². The van der Waals surface area contributed by atoms with Gasteiger partial charge in [0.05, 0.1) is 5.69 Å². The highest BCUT2D eigenvalue weighted by molar-refractivity contribution is 9.10. The van der Waals surface area contributed by atoms with Crippen molar-refractivity contribution in [3.8, 4) is 0 Å². The van der Waals surface area contributed by atoms with E-state index in [0.717, 1.165) is 10.2 Å². The van der Waals surface area contributed by atoms with E-state index in [0.29, 0.717) is 0 Å². The lowest BCUT2D eigenvalue weighted by Gasteiger charge is -1.95. The molecule has 0 heterocycles. The van der Waals surface area contributed by atoms with Gasteiger partial charge in [-0.05, 0) is 30.7 Å². The minimum Gasteiger partial charge on any atom is -0.229 e. The van der Waals surface area contributed by atoms with Gasteiger partial charge in [-0.1, -0.05) is 22.0 Å². The second kappa shape index (κ2) is 4.02. The molecule has 0 aromatic heterocycles. The van der Waals surface area contributed by atoms with E-state index < -0.39 is 0 Å². The lowest BCUT2D eigenvalue weighted by molar-refractivity contribution is 1.54. The Balaban J connectivity index is 2.97. The van der Waals surface area contributed by atoms with Crippen LogP contribution in [-0.4, -0.2) is 12.5 Å². The van der Waals surface area contributed by atoms with Crippen LogP contribution in [0.15, 0.2) is 33.1 Å². The Kier molecular flexibility index (Phi) is 3.27. The van der Waals surface area contributed by atoms with Crippen LogP contribution in [0.5, 0.6) is 0 Å². The zero-order chi connectivity index (χ0) is 8.27. The van der Waals surface area contributed by atoms with Crippen molar-refractivity contribution in [1.82, 2.24) is 0 Å². The minimum atomic E-state index is 0.129. The number of rotatable bonds is 1. The van der Waals surface area contributed by atoms with E-state index in [1.807, 2.05) is 24.3 Å². The smallest absolute Gasteiger partial charge is 0.0714 e. The van der Waals surface area contributed by atoms with Crippen LogP contribution in [-0.2, 0) is 10.7 Å². The molecule has 0 bridgehead atoms. The van der Waals surface area contributed by atoms with Gasteiger partial charge in [0.1, 0.15) is 0 Å². The van der Waals surface area contributed by atoms with Crippen LogP contribution < -0.4 is 0 Å². The number of halogens is 1. The lowest BCUT2D eigenvalue weighted by Crippen LogP contribution is -1.75. The summed E-state index contributed by atoms with van der Waals surface area (Å²) in [6, 6.07) is 8.03. The second-order valence-corrected chi connectivity index (χ2v) is 4.99. The molecule has 0 amide bonds. The average Bonchev–Trinajstić information content (AvgIpc) is 1.85. The van der Waals surface area contributed by atoms with Crippen molar-refractivity contribution in [3.63, 3.8) is 0 Å². The zero-order valence-electron chi connectivity index (χ0n) is 6.54. The molecule has 0 saturated heterocycles. The molecule has 0 N–H and O–H groups in total. The molecule has 0 aliphatic rings. The van der Waals surface area contributed by atoms with E-state index in [-0.39, 0.29) is 10.7 Å². The van der Waals surface area contributed by atoms with Crippen molar-refractivity contribution in [1.29, 1.82) is 0 Å². The largest absolute Gasteiger partial charge is 0.229 e. The fourth-order valence-corrected chi connectivity index (χ4v) is 1.67. The van der Waals surface area contributed by atoms with Crippen LogP contribution in [0.2, 0.25) is 0 Å². The van der Waals surface area contributed by atoms with Crippen LogP contribution in [0.3, 0.4) is 0 Å². The molecule has 3 heteroatoms. The summed E-state index contributed by atoms with van der Waals surface area (Å²) in [6.07, 6.45) is 4.20. The van der Waals surface area contributed by atoms with Gasteiger partial charge in [-0.2, -0.15) is 0 Å². The molecular formula is C8H10BrNS. The Morgan fingerprint density at radius 2 is 2.09 bits per heavy atom. The minimum absolute atomic E-state index is 0.129. The van der Waals surface area contributed by atoms with Gasteiger partial charge in [0.25, 0.3) is 0 Å². The molecule has 0 radical (unpaired) electrons. The van der Waals surface area contributed by atoms with Crippen molar-refractivity contribution in [2.75, 3.05) is 12.5 Å². The first-order chi connectivity index (χ1) is 5.18. The van der Waals surface area contributed by atoms with Crippen molar-refractivity contribution in [2.24, 2.45) is 4.36 Å². The summed E-state index contributed by atoms with van der Waals surface area (Å²) in [5, 5.41) is 0. The second-order valence-electron chi connectivity index (χ2n) is 2.34. The first-order valence-electron chi connectivity index (χ1n) is 3.23. The molecular weight excluding hydrogens is 222 g/mol. The molecule has 0 spiro atoms. The normalized spacial score (nSPS) is 10.2. The number of nitrogens with zero attached hydrogens (tertiary/aromatic N) is 1. The van der Waals surface area contributed by atoms with Crippen LogP contribution in [0.25, 0.3) is 0 Å². The molecule has 0 unspecified atom stereocenters. The van der Waals surface area contributed by atoms with E-state index in [2.05, 4.69) is 32.8 Å². The predicted octanol–water partition coefficient (Wildman–Crippen LogP) is 3.14. The Bertz CT molecular complexity index is 279. The molecule has 0 aliphatic heterocycles. The van der Waals surface area contributed by atoms with Gasteiger partial charge in [0, 0.05) is 4.47 Å². The third kappa shape index (κ3) is 3.16. The molecule has 1 aromatic carbocycles. The summed E-state index contributed by atoms with van der Waals surface area (Å²) in [4.78, 5) is 0. The molecule has 0 fully saturated rings. The van der Waals surface area contributed by atoms with Gasteiger partial charge in [0.2, 0.25) is 0 Å². The maximum Gasteiger partial charge on any atom is 0.0714 e. The topological polar surface area (TPSA) is 12.4 Å². The number of hydrogen-bond donors (Lipinski definition) is 0. The molecule has 11 heavy (non-hydrogen) atoms. The number of hydrogen-bond acceptors (Lipinski definition) is 1. The Morgan fingerprint density at radius 1 is 1.36 bits per heavy atom. The average molecular weight is 232 g/mol. The fourth-order valence-electron chi connectivity index (χ4n) is 0.744. The van der Waals surface area contributed by atoms with Gasteiger partial charge in [0.15, 0.2) is 0 Å². The van der Waals surface area contributed by atoms with Crippen molar-refractivity contribution in [2.45, 2.75) is 0 Å². The van der Waals surface area contributed by atoms with E-state index in [1.54, 1.807) is 0 Å². The fraction of sp³-hybridized carbons (Fsp3) is 0.250. The lowest BCUT2D eigenvalue weighted by atomic mass is 10.3. The maximum absolute atomic E-state index is 4.42. The van der Waals surface area contributed by atoms with Crippen molar-refractivity contribution in [3.05, 3.63) is 28.7 Å². The highest BCUT2D eigenvalue weighted by atomic mass is 79.9. The van der Waals surface area contributed by atoms with Crippen molar-refractivity contribution >= 4 is 32.3 Å². The highest BCUT2D eigenvalue weighted by Crippen LogP contribution is 2.18. The Hall–Kier alpha value is -0.150. The quantitative estimate of drug-likeness (QED) is 0.705. The molecule has 0 saturated carbocycles. The SMILES string of the molecule is CS(C)=Nc1cccc(Br)c1. The third-order valence-corrected chi connectivity index (χ3v) is 2.17. The zero-order valence-corrected chi connectivity index (χ0v) is 8.95. The van der Waals surface area contributed by atoms with Gasteiger partial charge < -0.3 is 0 Å². The monoisotopic (exact) mass is 231 g/mol. The predicted molar refractivity (Wildman–Crippen MR) is 55.4 cm³/mol. The summed E-state index contributed by atoms with van der Waals surface area (Å²) >= 11 is 3.40. The summed E-state index contributed by atoms with van der Waals surface area (Å²) in [5.74, 6) is 0. The summed E-state index contributed by atoms with van der Waals surface area (Å²) < 4.78 is 5.51. The molecule has 1 aromatic rings. The van der Waals surface area contributed by atoms with Gasteiger partial charge in [-0.25, -0.2) is 4.36 Å². The van der Waals surface area contributed by atoms with Crippen LogP contribution >= 0.6 is 15.9 Å². The van der Waals surface area contributed by atoms with E-state index in [4.69, 9.17) is 0 Å². The maximum atomic E-state index is 4.42. The first-order valence-corrected chi connectivity index (χ1v) is 6.02.